The predicted molar refractivity (Wildman–Crippen MR) is 132 cm³/mol. The summed E-state index contributed by atoms with van der Waals surface area (Å²) in [5.41, 5.74) is 5.74. The van der Waals surface area contributed by atoms with Crippen LogP contribution in [0, 0.1) is 0 Å². The Bertz CT molecular complexity index is 1240. The van der Waals surface area contributed by atoms with E-state index in [9.17, 15) is 4.79 Å². The molecule has 0 atom stereocenters. The Kier molecular flexibility index (Phi) is 6.37. The molecule has 1 aliphatic heterocycles. The average molecular weight is 438 g/mol. The Hall–Kier alpha value is -3.61. The number of aromatic nitrogens is 2. The number of hydrogen-bond acceptors (Lipinski definition) is 5. The van der Waals surface area contributed by atoms with E-state index in [2.05, 4.69) is 15.5 Å². The van der Waals surface area contributed by atoms with Gasteiger partial charge in [0.1, 0.15) is 0 Å². The molecule has 33 heavy (non-hydrogen) atoms. The maximum Gasteiger partial charge on any atom is 0.251 e. The zero-order valence-electron chi connectivity index (χ0n) is 18.5. The second-order valence-corrected chi connectivity index (χ2v) is 8.20. The van der Waals surface area contributed by atoms with E-state index in [1.807, 2.05) is 78.9 Å². The summed E-state index contributed by atoms with van der Waals surface area (Å²) in [6.07, 6.45) is 0. The normalized spacial score (nSPS) is 14.3. The number of nitrogens with one attached hydrogen (secondary N) is 2. The first kappa shape index (κ1) is 21.2. The number of nitrogens with zero attached hydrogens (tertiary/aromatic N) is 3. The molecule has 0 bridgehead atoms. The van der Waals surface area contributed by atoms with Crippen LogP contribution in [-0.4, -0.2) is 60.0 Å². The maximum atomic E-state index is 12.8. The van der Waals surface area contributed by atoms with Crippen LogP contribution in [0.5, 0.6) is 0 Å². The van der Waals surface area contributed by atoms with Crippen molar-refractivity contribution in [1.29, 1.82) is 0 Å². The lowest BCUT2D eigenvalue weighted by atomic mass is 10.0. The molecule has 1 fully saturated rings. The van der Waals surface area contributed by atoms with Gasteiger partial charge in [0.15, 0.2) is 0 Å². The van der Waals surface area contributed by atoms with Crippen LogP contribution in [0.4, 0.5) is 0 Å². The molecule has 6 nitrogen and oxygen atoms in total. The highest BCUT2D eigenvalue weighted by atomic mass is 16.1. The Balaban J connectivity index is 1.43. The van der Waals surface area contributed by atoms with Gasteiger partial charge >= 0.3 is 0 Å². The fourth-order valence-electron chi connectivity index (χ4n) is 4.15. The molecule has 1 aliphatic rings. The molecule has 0 saturated carbocycles. The van der Waals surface area contributed by atoms with E-state index in [1.165, 1.54) is 0 Å². The van der Waals surface area contributed by atoms with Gasteiger partial charge in [0.2, 0.25) is 0 Å². The van der Waals surface area contributed by atoms with Gasteiger partial charge in [-0.25, -0.2) is 9.97 Å². The molecule has 1 amide bonds. The first-order valence-corrected chi connectivity index (χ1v) is 11.4. The maximum absolute atomic E-state index is 12.8. The molecule has 2 heterocycles. The van der Waals surface area contributed by atoms with Gasteiger partial charge in [-0.05, 0) is 18.2 Å². The Morgan fingerprint density at radius 2 is 1.42 bits per heavy atom. The lowest BCUT2D eigenvalue weighted by Gasteiger charge is -2.27. The Labute approximate surface area is 193 Å². The van der Waals surface area contributed by atoms with Crippen LogP contribution >= 0.6 is 0 Å². The summed E-state index contributed by atoms with van der Waals surface area (Å²) >= 11 is 0. The smallest absolute Gasteiger partial charge is 0.251 e. The van der Waals surface area contributed by atoms with Crippen LogP contribution < -0.4 is 10.6 Å². The standard InChI is InChI=1S/C27H27N5O/c33-27(29-15-18-32-16-13-28-14-17-32)22-11-12-23-24(19-22)31-26(21-9-5-2-6-10-21)25(30-23)20-7-3-1-4-8-20/h1-12,19,28H,13-18H2,(H,29,33). The number of carbonyl (C=O) groups excluding carboxylic acids is 1. The first-order chi connectivity index (χ1) is 16.3. The second kappa shape index (κ2) is 9.90. The molecule has 0 radical (unpaired) electrons. The van der Waals surface area contributed by atoms with Crippen LogP contribution in [0.2, 0.25) is 0 Å². The molecule has 2 N–H and O–H groups in total. The topological polar surface area (TPSA) is 70.2 Å². The quantitative estimate of drug-likeness (QED) is 0.482. The van der Waals surface area contributed by atoms with Crippen LogP contribution in [0.25, 0.3) is 33.5 Å². The molecule has 1 aromatic heterocycles. The van der Waals surface area contributed by atoms with Crippen LogP contribution in [0.3, 0.4) is 0 Å². The van der Waals surface area contributed by atoms with E-state index in [1.54, 1.807) is 0 Å². The fourth-order valence-corrected chi connectivity index (χ4v) is 4.15. The van der Waals surface area contributed by atoms with Crippen molar-refractivity contribution in [1.82, 2.24) is 25.5 Å². The van der Waals surface area contributed by atoms with Crippen molar-refractivity contribution in [3.8, 4) is 22.5 Å². The van der Waals surface area contributed by atoms with Gasteiger partial charge in [0.25, 0.3) is 5.91 Å². The third-order valence-corrected chi connectivity index (χ3v) is 5.94. The molecule has 5 rings (SSSR count). The summed E-state index contributed by atoms with van der Waals surface area (Å²) < 4.78 is 0. The van der Waals surface area contributed by atoms with E-state index in [0.29, 0.717) is 17.6 Å². The molecule has 6 heteroatoms. The summed E-state index contributed by atoms with van der Waals surface area (Å²) in [4.78, 5) is 25.0. The van der Waals surface area contributed by atoms with Gasteiger partial charge in [-0.15, -0.1) is 0 Å². The highest BCUT2D eigenvalue weighted by molar-refractivity contribution is 5.98. The number of rotatable bonds is 6. The van der Waals surface area contributed by atoms with E-state index in [4.69, 9.17) is 9.97 Å². The van der Waals surface area contributed by atoms with Crippen LogP contribution in [0.1, 0.15) is 10.4 Å². The van der Waals surface area contributed by atoms with Crippen molar-refractivity contribution in [2.24, 2.45) is 0 Å². The number of piperazine rings is 1. The van der Waals surface area contributed by atoms with Crippen molar-refractivity contribution >= 4 is 16.9 Å². The number of benzene rings is 3. The lowest BCUT2D eigenvalue weighted by Crippen LogP contribution is -2.46. The summed E-state index contributed by atoms with van der Waals surface area (Å²) in [7, 11) is 0. The summed E-state index contributed by atoms with van der Waals surface area (Å²) in [6, 6.07) is 25.7. The summed E-state index contributed by atoms with van der Waals surface area (Å²) in [5.74, 6) is -0.0813. The molecular weight excluding hydrogens is 410 g/mol. The van der Waals surface area contributed by atoms with Crippen LogP contribution in [0.15, 0.2) is 78.9 Å². The second-order valence-electron chi connectivity index (χ2n) is 8.20. The van der Waals surface area contributed by atoms with E-state index in [0.717, 1.165) is 60.8 Å². The third kappa shape index (κ3) is 4.92. The highest BCUT2D eigenvalue weighted by Crippen LogP contribution is 2.31. The van der Waals surface area contributed by atoms with Crippen molar-refractivity contribution in [3.63, 3.8) is 0 Å². The molecule has 1 saturated heterocycles. The van der Waals surface area contributed by atoms with Crippen LogP contribution in [-0.2, 0) is 0 Å². The SMILES string of the molecule is O=C(NCCN1CCNCC1)c1ccc2nc(-c3ccccc3)c(-c3ccccc3)nc2c1. The number of carbonyl (C=O) groups is 1. The van der Waals surface area contributed by atoms with Gasteiger partial charge in [0.05, 0.1) is 22.4 Å². The predicted octanol–water partition coefficient (Wildman–Crippen LogP) is 3.60. The average Bonchev–Trinajstić information content (AvgIpc) is 2.89. The highest BCUT2D eigenvalue weighted by Gasteiger charge is 2.15. The Morgan fingerprint density at radius 1 is 0.818 bits per heavy atom. The van der Waals surface area contributed by atoms with Crippen molar-refractivity contribution in [2.45, 2.75) is 0 Å². The Morgan fingerprint density at radius 3 is 2.06 bits per heavy atom. The van der Waals surface area contributed by atoms with Gasteiger partial charge in [-0.1, -0.05) is 60.7 Å². The molecule has 3 aromatic carbocycles. The molecule has 0 unspecified atom stereocenters. The zero-order valence-corrected chi connectivity index (χ0v) is 18.5. The minimum Gasteiger partial charge on any atom is -0.351 e. The molecular formula is C27H27N5O. The van der Waals surface area contributed by atoms with E-state index < -0.39 is 0 Å². The first-order valence-electron chi connectivity index (χ1n) is 11.4. The monoisotopic (exact) mass is 437 g/mol. The molecule has 4 aromatic rings. The fraction of sp³-hybridized carbons (Fsp3) is 0.222. The minimum absolute atomic E-state index is 0.0813. The van der Waals surface area contributed by atoms with Crippen molar-refractivity contribution in [3.05, 3.63) is 84.4 Å². The van der Waals surface area contributed by atoms with Gasteiger partial charge < -0.3 is 10.6 Å². The zero-order chi connectivity index (χ0) is 22.5. The number of fused-ring (bicyclic) bond motifs is 1. The van der Waals surface area contributed by atoms with E-state index >= 15 is 0 Å². The van der Waals surface area contributed by atoms with Crippen molar-refractivity contribution < 1.29 is 4.79 Å². The number of hydrogen-bond donors (Lipinski definition) is 2. The molecule has 166 valence electrons. The summed E-state index contributed by atoms with van der Waals surface area (Å²) in [6.45, 7) is 5.54. The van der Waals surface area contributed by atoms with Gasteiger partial charge in [-0.2, -0.15) is 0 Å². The molecule has 0 aliphatic carbocycles. The van der Waals surface area contributed by atoms with Gasteiger partial charge in [-0.3, -0.25) is 9.69 Å². The lowest BCUT2D eigenvalue weighted by molar-refractivity contribution is 0.0947. The summed E-state index contributed by atoms with van der Waals surface area (Å²) in [5, 5.41) is 6.39. The van der Waals surface area contributed by atoms with Crippen molar-refractivity contribution in [2.75, 3.05) is 39.3 Å². The largest absolute Gasteiger partial charge is 0.351 e. The minimum atomic E-state index is -0.0813. The van der Waals surface area contributed by atoms with E-state index in [-0.39, 0.29) is 5.91 Å². The van der Waals surface area contributed by atoms with Gasteiger partial charge in [0, 0.05) is 56.0 Å². The third-order valence-electron chi connectivity index (χ3n) is 5.94. The number of amides is 1. The molecule has 0 spiro atoms.